The number of rotatable bonds is 4. The molecule has 0 radical (unpaired) electrons. The molecule has 0 aliphatic carbocycles. The van der Waals surface area contributed by atoms with E-state index in [1.165, 1.54) is 0 Å². The van der Waals surface area contributed by atoms with Gasteiger partial charge in [-0.15, -0.1) is 0 Å². The summed E-state index contributed by atoms with van der Waals surface area (Å²) in [4.78, 5) is 0. The Morgan fingerprint density at radius 3 is 2.68 bits per heavy atom. The first-order valence-electron chi connectivity index (χ1n) is 5.58. The average Bonchev–Trinajstić information content (AvgIpc) is 2.38. The highest BCUT2D eigenvalue weighted by Crippen LogP contribution is 2.25. The van der Waals surface area contributed by atoms with E-state index in [0.29, 0.717) is 22.9 Å². The number of amidine groups is 1. The molecule has 0 aromatic heterocycles. The van der Waals surface area contributed by atoms with Gasteiger partial charge in [0.2, 0.25) is 0 Å². The van der Waals surface area contributed by atoms with E-state index in [2.05, 4.69) is 15.9 Å². The minimum atomic E-state index is -0.0320. The van der Waals surface area contributed by atoms with Crippen molar-refractivity contribution in [2.24, 2.45) is 5.73 Å². The summed E-state index contributed by atoms with van der Waals surface area (Å²) in [5.41, 5.74) is 6.99. The summed E-state index contributed by atoms with van der Waals surface area (Å²) < 4.78 is 6.54. The van der Waals surface area contributed by atoms with E-state index in [4.69, 9.17) is 27.5 Å². The second-order valence-electron chi connectivity index (χ2n) is 3.93. The van der Waals surface area contributed by atoms with Gasteiger partial charge in [-0.25, -0.2) is 0 Å². The first-order valence-corrected chi connectivity index (χ1v) is 6.75. The molecule has 0 saturated heterocycles. The van der Waals surface area contributed by atoms with Crippen LogP contribution < -0.4 is 10.5 Å². The van der Waals surface area contributed by atoms with E-state index in [9.17, 15) is 0 Å². The lowest BCUT2D eigenvalue weighted by Gasteiger charge is -2.11. The zero-order valence-electron chi connectivity index (χ0n) is 9.99. The highest BCUT2D eigenvalue weighted by Gasteiger charge is 2.08. The fraction of sp³-hybridized carbons (Fsp3) is 0.0714. The van der Waals surface area contributed by atoms with Crippen LogP contribution in [0.4, 0.5) is 0 Å². The molecule has 98 valence electrons. The average molecular weight is 340 g/mol. The number of nitrogen functional groups attached to an aromatic ring is 1. The summed E-state index contributed by atoms with van der Waals surface area (Å²) in [6, 6.07) is 12.9. The van der Waals surface area contributed by atoms with E-state index in [1.54, 1.807) is 12.1 Å². The lowest BCUT2D eigenvalue weighted by atomic mass is 10.2. The fourth-order valence-electron chi connectivity index (χ4n) is 1.61. The Bertz CT molecular complexity index is 616. The van der Waals surface area contributed by atoms with E-state index in [0.717, 1.165) is 10.0 Å². The molecular weight excluding hydrogens is 328 g/mol. The van der Waals surface area contributed by atoms with Crippen molar-refractivity contribution in [3.63, 3.8) is 0 Å². The third-order valence-corrected chi connectivity index (χ3v) is 3.43. The molecule has 3 nitrogen and oxygen atoms in total. The van der Waals surface area contributed by atoms with Gasteiger partial charge in [0.05, 0.1) is 5.56 Å². The predicted octanol–water partition coefficient (Wildman–Crippen LogP) is 3.97. The summed E-state index contributed by atoms with van der Waals surface area (Å²) in [5.74, 6) is 0.533. The van der Waals surface area contributed by atoms with Gasteiger partial charge in [-0.3, -0.25) is 5.41 Å². The zero-order valence-corrected chi connectivity index (χ0v) is 12.3. The second-order valence-corrected chi connectivity index (χ2v) is 5.26. The molecule has 0 saturated carbocycles. The summed E-state index contributed by atoms with van der Waals surface area (Å²) in [6.45, 7) is 0.335. The highest BCUT2D eigenvalue weighted by atomic mass is 79.9. The lowest BCUT2D eigenvalue weighted by Crippen LogP contribution is -2.13. The summed E-state index contributed by atoms with van der Waals surface area (Å²) in [5, 5.41) is 8.21. The second kappa shape index (κ2) is 6.08. The number of halogens is 2. The van der Waals surface area contributed by atoms with Gasteiger partial charge in [-0.2, -0.15) is 0 Å². The van der Waals surface area contributed by atoms with E-state index in [-0.39, 0.29) is 5.84 Å². The molecule has 0 aliphatic heterocycles. The van der Waals surface area contributed by atoms with Crippen LogP contribution in [0.1, 0.15) is 11.1 Å². The number of nitrogens with one attached hydrogen (secondary N) is 1. The number of nitrogens with two attached hydrogens (primary N) is 1. The molecule has 0 heterocycles. The largest absolute Gasteiger partial charge is 0.488 e. The van der Waals surface area contributed by atoms with Gasteiger partial charge in [-0.05, 0) is 24.3 Å². The number of benzene rings is 2. The maximum atomic E-state index is 7.55. The molecule has 3 N–H and O–H groups in total. The number of ether oxygens (including phenoxy) is 1. The maximum absolute atomic E-state index is 7.55. The summed E-state index contributed by atoms with van der Waals surface area (Å²) in [6.07, 6.45) is 0. The van der Waals surface area contributed by atoms with Crippen LogP contribution in [0.15, 0.2) is 46.9 Å². The molecule has 0 amide bonds. The Hall–Kier alpha value is -1.52. The van der Waals surface area contributed by atoms with Gasteiger partial charge < -0.3 is 10.5 Å². The van der Waals surface area contributed by atoms with Gasteiger partial charge in [0.25, 0.3) is 0 Å². The molecule has 19 heavy (non-hydrogen) atoms. The Labute approximate surface area is 125 Å². The van der Waals surface area contributed by atoms with Gasteiger partial charge in [0, 0.05) is 15.1 Å². The molecular formula is C14H12BrClN2O. The number of hydrogen-bond acceptors (Lipinski definition) is 2. The number of hydrogen-bond donors (Lipinski definition) is 2. The van der Waals surface area contributed by atoms with Gasteiger partial charge >= 0.3 is 0 Å². The molecule has 2 rings (SSSR count). The SMILES string of the molecule is N=C(N)c1cc(Br)ccc1OCc1ccccc1Cl. The highest BCUT2D eigenvalue weighted by molar-refractivity contribution is 9.10. The van der Waals surface area contributed by atoms with Crippen molar-refractivity contribution >= 4 is 33.4 Å². The Balaban J connectivity index is 2.20. The summed E-state index contributed by atoms with van der Waals surface area (Å²) >= 11 is 9.41. The van der Waals surface area contributed by atoms with Gasteiger partial charge in [0.1, 0.15) is 18.2 Å². The molecule has 0 bridgehead atoms. The van der Waals surface area contributed by atoms with E-state index < -0.39 is 0 Å². The van der Waals surface area contributed by atoms with Crippen LogP contribution in [0, 0.1) is 5.41 Å². The third kappa shape index (κ3) is 3.49. The minimum absolute atomic E-state index is 0.0320. The van der Waals surface area contributed by atoms with Crippen LogP contribution in [0.5, 0.6) is 5.75 Å². The third-order valence-electron chi connectivity index (χ3n) is 2.57. The maximum Gasteiger partial charge on any atom is 0.130 e. The normalized spacial score (nSPS) is 10.2. The van der Waals surface area contributed by atoms with Gasteiger partial charge in [-0.1, -0.05) is 45.7 Å². The smallest absolute Gasteiger partial charge is 0.130 e. The monoisotopic (exact) mass is 338 g/mol. The van der Waals surface area contributed by atoms with E-state index >= 15 is 0 Å². The molecule has 0 atom stereocenters. The molecule has 2 aromatic carbocycles. The van der Waals surface area contributed by atoms with Crippen molar-refractivity contribution in [1.29, 1.82) is 5.41 Å². The molecule has 0 aliphatic rings. The Kier molecular flexibility index (Phi) is 4.45. The lowest BCUT2D eigenvalue weighted by molar-refractivity contribution is 0.305. The van der Waals surface area contributed by atoms with Gasteiger partial charge in [0.15, 0.2) is 0 Å². The van der Waals surface area contributed by atoms with Crippen molar-refractivity contribution in [2.75, 3.05) is 0 Å². The minimum Gasteiger partial charge on any atom is -0.488 e. The van der Waals surface area contributed by atoms with Crippen molar-refractivity contribution in [1.82, 2.24) is 0 Å². The van der Waals surface area contributed by atoms with Crippen LogP contribution in [0.2, 0.25) is 5.02 Å². The molecule has 5 heteroatoms. The van der Waals surface area contributed by atoms with Crippen molar-refractivity contribution in [3.8, 4) is 5.75 Å². The van der Waals surface area contributed by atoms with E-state index in [1.807, 2.05) is 30.3 Å². The topological polar surface area (TPSA) is 59.1 Å². The van der Waals surface area contributed by atoms with Crippen LogP contribution in [0.25, 0.3) is 0 Å². The predicted molar refractivity (Wildman–Crippen MR) is 80.9 cm³/mol. The molecule has 0 unspecified atom stereocenters. The zero-order chi connectivity index (χ0) is 13.8. The fourth-order valence-corrected chi connectivity index (χ4v) is 2.16. The van der Waals surface area contributed by atoms with Crippen molar-refractivity contribution in [3.05, 3.63) is 63.1 Å². The van der Waals surface area contributed by atoms with Crippen molar-refractivity contribution < 1.29 is 4.74 Å². The molecule has 0 fully saturated rings. The Morgan fingerprint density at radius 2 is 2.00 bits per heavy atom. The van der Waals surface area contributed by atoms with Crippen LogP contribution in [-0.2, 0) is 6.61 Å². The van der Waals surface area contributed by atoms with Crippen LogP contribution in [-0.4, -0.2) is 5.84 Å². The summed E-state index contributed by atoms with van der Waals surface area (Å²) in [7, 11) is 0. The Morgan fingerprint density at radius 1 is 1.26 bits per heavy atom. The van der Waals surface area contributed by atoms with Crippen LogP contribution >= 0.6 is 27.5 Å². The first-order chi connectivity index (χ1) is 9.08. The molecule has 0 spiro atoms. The molecule has 2 aromatic rings. The first kappa shape index (κ1) is 13.9. The quantitative estimate of drug-likeness (QED) is 0.654. The van der Waals surface area contributed by atoms with Crippen LogP contribution in [0.3, 0.4) is 0 Å². The van der Waals surface area contributed by atoms with Crippen molar-refractivity contribution in [2.45, 2.75) is 6.61 Å². The standard InChI is InChI=1S/C14H12BrClN2O/c15-10-5-6-13(11(7-10)14(17)18)19-8-9-3-1-2-4-12(9)16/h1-7H,8H2,(H3,17,18).